The molecule has 0 bridgehead atoms. The lowest BCUT2D eigenvalue weighted by molar-refractivity contribution is 0.276. The Labute approximate surface area is 81.6 Å². The highest BCUT2D eigenvalue weighted by Gasteiger charge is 1.93. The van der Waals surface area contributed by atoms with Crippen LogP contribution in [0.2, 0.25) is 0 Å². The predicted octanol–water partition coefficient (Wildman–Crippen LogP) is 1.71. The van der Waals surface area contributed by atoms with E-state index in [9.17, 15) is 0 Å². The molecular formula is C9H10ClNO2. The maximum absolute atomic E-state index is 8.71. The quantitative estimate of drug-likeness (QED) is 0.803. The van der Waals surface area contributed by atoms with Gasteiger partial charge in [-0.2, -0.15) is 0 Å². The van der Waals surface area contributed by atoms with Crippen LogP contribution in [0.5, 0.6) is 5.75 Å². The third-order valence-electron chi connectivity index (χ3n) is 1.39. The monoisotopic (exact) mass is 199 g/mol. The van der Waals surface area contributed by atoms with Crippen molar-refractivity contribution in [3.8, 4) is 5.75 Å². The van der Waals surface area contributed by atoms with E-state index in [-0.39, 0.29) is 6.61 Å². The molecule has 3 nitrogen and oxygen atoms in total. The zero-order valence-electron chi connectivity index (χ0n) is 6.98. The molecule has 1 heterocycles. The van der Waals surface area contributed by atoms with E-state index in [0.29, 0.717) is 18.1 Å². The Hall–Kier alpha value is -1.06. The summed E-state index contributed by atoms with van der Waals surface area (Å²) < 4.78 is 5.23. The van der Waals surface area contributed by atoms with E-state index >= 15 is 0 Å². The van der Waals surface area contributed by atoms with Crippen molar-refractivity contribution in [1.82, 2.24) is 4.98 Å². The Morgan fingerprint density at radius 3 is 2.92 bits per heavy atom. The predicted molar refractivity (Wildman–Crippen MR) is 50.6 cm³/mol. The summed E-state index contributed by atoms with van der Waals surface area (Å²) in [5.74, 6) is 0.659. The average Bonchev–Trinajstić information content (AvgIpc) is 2.19. The van der Waals surface area contributed by atoms with Gasteiger partial charge >= 0.3 is 0 Å². The lowest BCUT2D eigenvalue weighted by Gasteiger charge is -2.02. The molecule has 0 atom stereocenters. The lowest BCUT2D eigenvalue weighted by atomic mass is 10.3. The van der Waals surface area contributed by atoms with Crippen molar-refractivity contribution >= 4 is 11.6 Å². The third-order valence-corrected chi connectivity index (χ3v) is 1.57. The van der Waals surface area contributed by atoms with Gasteiger partial charge in [0.1, 0.15) is 12.4 Å². The molecule has 0 amide bonds. The highest BCUT2D eigenvalue weighted by molar-refractivity contribution is 6.25. The molecular weight excluding hydrogens is 190 g/mol. The van der Waals surface area contributed by atoms with E-state index in [2.05, 4.69) is 4.98 Å². The lowest BCUT2D eigenvalue weighted by Crippen LogP contribution is -1.95. The SMILES string of the molecule is OCc1ccc(OCC=CCl)cn1. The van der Waals surface area contributed by atoms with Crippen molar-refractivity contribution in [2.75, 3.05) is 6.61 Å². The van der Waals surface area contributed by atoms with E-state index in [0.717, 1.165) is 0 Å². The van der Waals surface area contributed by atoms with Gasteiger partial charge in [-0.1, -0.05) is 11.6 Å². The normalized spacial score (nSPS) is 10.6. The Bertz CT molecular complexity index is 271. The number of hydrogen-bond acceptors (Lipinski definition) is 3. The summed E-state index contributed by atoms with van der Waals surface area (Å²) in [5, 5.41) is 8.71. The van der Waals surface area contributed by atoms with Crippen LogP contribution in [-0.2, 0) is 6.61 Å². The third kappa shape index (κ3) is 3.44. The first-order valence-corrected chi connectivity index (χ1v) is 4.24. The van der Waals surface area contributed by atoms with Crippen molar-refractivity contribution < 1.29 is 9.84 Å². The van der Waals surface area contributed by atoms with E-state index < -0.39 is 0 Å². The average molecular weight is 200 g/mol. The van der Waals surface area contributed by atoms with Crippen LogP contribution < -0.4 is 4.74 Å². The highest BCUT2D eigenvalue weighted by Crippen LogP contribution is 2.08. The fourth-order valence-corrected chi connectivity index (χ4v) is 0.843. The summed E-state index contributed by atoms with van der Waals surface area (Å²) in [6, 6.07) is 3.46. The van der Waals surface area contributed by atoms with Gasteiger partial charge in [0.2, 0.25) is 0 Å². The van der Waals surface area contributed by atoms with Gasteiger partial charge in [-0.3, -0.25) is 4.98 Å². The van der Waals surface area contributed by atoms with Crippen molar-refractivity contribution in [2.45, 2.75) is 6.61 Å². The minimum Gasteiger partial charge on any atom is -0.488 e. The van der Waals surface area contributed by atoms with Crippen molar-refractivity contribution in [3.63, 3.8) is 0 Å². The van der Waals surface area contributed by atoms with Gasteiger partial charge in [-0.15, -0.1) is 0 Å². The summed E-state index contributed by atoms with van der Waals surface area (Å²) in [6.45, 7) is 0.367. The first-order chi connectivity index (χ1) is 6.36. The van der Waals surface area contributed by atoms with Crippen LogP contribution in [0.25, 0.3) is 0 Å². The van der Waals surface area contributed by atoms with Crippen LogP contribution in [0.3, 0.4) is 0 Å². The van der Waals surface area contributed by atoms with E-state index in [1.807, 2.05) is 0 Å². The van der Waals surface area contributed by atoms with Gasteiger partial charge in [-0.25, -0.2) is 0 Å². The second kappa shape index (κ2) is 5.56. The first-order valence-electron chi connectivity index (χ1n) is 3.80. The number of halogens is 1. The molecule has 13 heavy (non-hydrogen) atoms. The van der Waals surface area contributed by atoms with Crippen LogP contribution in [0, 0.1) is 0 Å². The topological polar surface area (TPSA) is 42.4 Å². The number of aliphatic hydroxyl groups excluding tert-OH is 1. The molecule has 1 aromatic rings. The van der Waals surface area contributed by atoms with Gasteiger partial charge < -0.3 is 9.84 Å². The molecule has 0 unspecified atom stereocenters. The summed E-state index contributed by atoms with van der Waals surface area (Å²) in [4.78, 5) is 3.94. The molecule has 0 aliphatic heterocycles. The Morgan fingerprint density at radius 2 is 2.38 bits per heavy atom. The van der Waals surface area contributed by atoms with Gasteiger partial charge in [0.05, 0.1) is 18.5 Å². The Morgan fingerprint density at radius 1 is 1.54 bits per heavy atom. The zero-order valence-corrected chi connectivity index (χ0v) is 7.74. The van der Waals surface area contributed by atoms with Crippen LogP contribution in [0.1, 0.15) is 5.69 Å². The van der Waals surface area contributed by atoms with Crippen molar-refractivity contribution in [2.24, 2.45) is 0 Å². The van der Waals surface area contributed by atoms with Crippen LogP contribution in [0.15, 0.2) is 29.9 Å². The molecule has 0 saturated heterocycles. The molecule has 70 valence electrons. The zero-order chi connectivity index (χ0) is 9.52. The molecule has 4 heteroatoms. The van der Waals surface area contributed by atoms with Crippen molar-refractivity contribution in [1.29, 1.82) is 0 Å². The van der Waals surface area contributed by atoms with E-state index in [1.165, 1.54) is 5.54 Å². The van der Waals surface area contributed by atoms with E-state index in [1.54, 1.807) is 24.4 Å². The van der Waals surface area contributed by atoms with Crippen molar-refractivity contribution in [3.05, 3.63) is 35.6 Å². The molecule has 0 aliphatic rings. The number of aliphatic hydroxyl groups is 1. The van der Waals surface area contributed by atoms with Gasteiger partial charge in [0.15, 0.2) is 0 Å². The van der Waals surface area contributed by atoms with Crippen LogP contribution in [0.4, 0.5) is 0 Å². The van der Waals surface area contributed by atoms with Gasteiger partial charge in [0, 0.05) is 5.54 Å². The van der Waals surface area contributed by atoms with Gasteiger partial charge in [0.25, 0.3) is 0 Å². The number of pyridine rings is 1. The molecule has 0 aromatic carbocycles. The smallest absolute Gasteiger partial charge is 0.138 e. The second-order valence-corrected chi connectivity index (χ2v) is 2.57. The summed E-state index contributed by atoms with van der Waals surface area (Å²) in [5.41, 5.74) is 2.02. The first kappa shape index (κ1) is 10.0. The minimum atomic E-state index is -0.0537. The number of rotatable bonds is 4. The molecule has 0 radical (unpaired) electrons. The maximum atomic E-state index is 8.71. The number of hydrogen-bond donors (Lipinski definition) is 1. The molecule has 0 fully saturated rings. The molecule has 0 saturated carbocycles. The van der Waals surface area contributed by atoms with Gasteiger partial charge in [-0.05, 0) is 18.2 Å². The molecule has 1 N–H and O–H groups in total. The molecule has 0 spiro atoms. The summed E-state index contributed by atoms with van der Waals surface area (Å²) >= 11 is 5.31. The Kier molecular flexibility index (Phi) is 4.29. The fourth-order valence-electron chi connectivity index (χ4n) is 0.771. The maximum Gasteiger partial charge on any atom is 0.138 e. The number of nitrogens with zero attached hydrogens (tertiary/aromatic N) is 1. The molecule has 1 rings (SSSR count). The highest BCUT2D eigenvalue weighted by atomic mass is 35.5. The standard InChI is InChI=1S/C9H10ClNO2/c10-4-1-5-13-9-3-2-8(7-12)11-6-9/h1-4,6,12H,5,7H2. The second-order valence-electron chi connectivity index (χ2n) is 2.32. The van der Waals surface area contributed by atoms with Crippen LogP contribution in [-0.4, -0.2) is 16.7 Å². The number of aromatic nitrogens is 1. The Balaban J connectivity index is 2.49. The largest absolute Gasteiger partial charge is 0.488 e. The van der Waals surface area contributed by atoms with Crippen LogP contribution >= 0.6 is 11.6 Å². The number of ether oxygens (including phenoxy) is 1. The minimum absolute atomic E-state index is 0.0537. The summed E-state index contributed by atoms with van der Waals surface area (Å²) in [7, 11) is 0. The molecule has 1 aromatic heterocycles. The molecule has 0 aliphatic carbocycles. The van der Waals surface area contributed by atoms with E-state index in [4.69, 9.17) is 21.4 Å². The fraction of sp³-hybridized carbons (Fsp3) is 0.222. The summed E-state index contributed by atoms with van der Waals surface area (Å²) in [6.07, 6.45) is 3.25.